The Hall–Kier alpha value is -2.30. The van der Waals surface area contributed by atoms with E-state index in [0.717, 1.165) is 28.9 Å². The fourth-order valence-corrected chi connectivity index (χ4v) is 2.23. The highest BCUT2D eigenvalue weighted by molar-refractivity contribution is 5.63. The summed E-state index contributed by atoms with van der Waals surface area (Å²) in [5.41, 5.74) is 1.04. The van der Waals surface area contributed by atoms with Crippen LogP contribution in [0.4, 0.5) is 17.3 Å². The fraction of sp³-hybridized carbons (Fsp3) is 0.375. The van der Waals surface area contributed by atoms with Gasteiger partial charge in [-0.3, -0.25) is 0 Å². The van der Waals surface area contributed by atoms with Crippen LogP contribution in [0.1, 0.15) is 24.6 Å². The van der Waals surface area contributed by atoms with Gasteiger partial charge >= 0.3 is 0 Å². The zero-order valence-corrected chi connectivity index (χ0v) is 12.6. The normalized spacial score (nSPS) is 13.9. The third-order valence-electron chi connectivity index (χ3n) is 3.71. The lowest BCUT2D eigenvalue weighted by Crippen LogP contribution is -2.13. The molecule has 5 heteroatoms. The van der Waals surface area contributed by atoms with Gasteiger partial charge in [-0.1, -0.05) is 6.07 Å². The van der Waals surface area contributed by atoms with E-state index in [1.807, 2.05) is 44.4 Å². The van der Waals surface area contributed by atoms with Gasteiger partial charge in [0.25, 0.3) is 0 Å². The van der Waals surface area contributed by atoms with Crippen LogP contribution in [0.3, 0.4) is 0 Å². The number of nitrogens with zero attached hydrogens (tertiary/aromatic N) is 3. The van der Waals surface area contributed by atoms with Crippen molar-refractivity contribution in [2.24, 2.45) is 0 Å². The van der Waals surface area contributed by atoms with E-state index in [1.165, 1.54) is 12.8 Å². The van der Waals surface area contributed by atoms with Gasteiger partial charge in [0, 0.05) is 37.8 Å². The number of nitrogens with one attached hydrogen (secondary N) is 1. The first kappa shape index (κ1) is 13.7. The maximum Gasteiger partial charge on any atom is 0.138 e. The molecule has 0 spiro atoms. The highest BCUT2D eigenvalue weighted by Gasteiger charge is 2.27. The number of anilines is 3. The number of aromatic nitrogens is 2. The van der Waals surface area contributed by atoms with Crippen molar-refractivity contribution in [2.75, 3.05) is 31.4 Å². The van der Waals surface area contributed by atoms with Crippen LogP contribution in [0.2, 0.25) is 0 Å². The molecule has 1 aromatic carbocycles. The summed E-state index contributed by atoms with van der Waals surface area (Å²) < 4.78 is 5.29. The molecular weight excluding hydrogens is 264 g/mol. The molecule has 1 saturated carbocycles. The summed E-state index contributed by atoms with van der Waals surface area (Å²) in [5.74, 6) is 4.05. The van der Waals surface area contributed by atoms with Crippen LogP contribution in [0.5, 0.6) is 5.75 Å². The van der Waals surface area contributed by atoms with Gasteiger partial charge in [-0.05, 0) is 25.0 Å². The maximum atomic E-state index is 5.29. The molecule has 5 nitrogen and oxygen atoms in total. The van der Waals surface area contributed by atoms with Crippen LogP contribution in [-0.2, 0) is 0 Å². The zero-order chi connectivity index (χ0) is 14.8. The summed E-state index contributed by atoms with van der Waals surface area (Å²) in [5, 5.41) is 3.12. The summed E-state index contributed by atoms with van der Waals surface area (Å²) in [4.78, 5) is 11.3. The van der Waals surface area contributed by atoms with Gasteiger partial charge in [0.15, 0.2) is 0 Å². The molecule has 1 aliphatic carbocycles. The lowest BCUT2D eigenvalue weighted by atomic mass is 10.2. The van der Waals surface area contributed by atoms with Crippen LogP contribution in [0.25, 0.3) is 0 Å². The first-order chi connectivity index (χ1) is 10.2. The highest BCUT2D eigenvalue weighted by atomic mass is 16.5. The van der Waals surface area contributed by atoms with Crippen molar-refractivity contribution in [1.29, 1.82) is 0 Å². The number of benzene rings is 1. The third kappa shape index (κ3) is 2.91. The van der Waals surface area contributed by atoms with Gasteiger partial charge in [-0.25, -0.2) is 9.97 Å². The molecule has 1 fully saturated rings. The van der Waals surface area contributed by atoms with E-state index in [2.05, 4.69) is 15.2 Å². The minimum Gasteiger partial charge on any atom is -0.497 e. The molecule has 0 bridgehead atoms. The summed E-state index contributed by atoms with van der Waals surface area (Å²) in [6.07, 6.45) is 2.38. The summed E-state index contributed by atoms with van der Waals surface area (Å²) in [7, 11) is 5.57. The van der Waals surface area contributed by atoms with E-state index in [4.69, 9.17) is 9.72 Å². The SMILES string of the molecule is CNc1cc(N(C)c2cccc(OC)c2)nc(C2CC2)n1. The van der Waals surface area contributed by atoms with Gasteiger partial charge in [0.2, 0.25) is 0 Å². The Bertz CT molecular complexity index is 640. The molecule has 2 aromatic rings. The second-order valence-electron chi connectivity index (χ2n) is 5.25. The monoisotopic (exact) mass is 284 g/mol. The molecule has 3 rings (SSSR count). The third-order valence-corrected chi connectivity index (χ3v) is 3.71. The summed E-state index contributed by atoms with van der Waals surface area (Å²) >= 11 is 0. The quantitative estimate of drug-likeness (QED) is 0.914. The van der Waals surface area contributed by atoms with Crippen molar-refractivity contribution in [3.05, 3.63) is 36.2 Å². The highest BCUT2D eigenvalue weighted by Crippen LogP contribution is 2.39. The van der Waals surface area contributed by atoms with Gasteiger partial charge in [-0.2, -0.15) is 0 Å². The molecule has 0 atom stereocenters. The Balaban J connectivity index is 1.95. The van der Waals surface area contributed by atoms with E-state index in [1.54, 1.807) is 7.11 Å². The number of hydrogen-bond acceptors (Lipinski definition) is 5. The summed E-state index contributed by atoms with van der Waals surface area (Å²) in [6, 6.07) is 9.92. The van der Waals surface area contributed by atoms with Crippen LogP contribution in [-0.4, -0.2) is 31.2 Å². The van der Waals surface area contributed by atoms with E-state index in [0.29, 0.717) is 5.92 Å². The molecule has 0 unspecified atom stereocenters. The van der Waals surface area contributed by atoms with Crippen molar-refractivity contribution >= 4 is 17.3 Å². The Morgan fingerprint density at radius 1 is 1.24 bits per heavy atom. The zero-order valence-electron chi connectivity index (χ0n) is 12.6. The van der Waals surface area contributed by atoms with E-state index < -0.39 is 0 Å². The molecule has 0 aliphatic heterocycles. The first-order valence-electron chi connectivity index (χ1n) is 7.16. The van der Waals surface area contributed by atoms with Crippen LogP contribution >= 0.6 is 0 Å². The largest absolute Gasteiger partial charge is 0.497 e. The molecule has 1 heterocycles. The minimum atomic E-state index is 0.524. The number of ether oxygens (including phenoxy) is 1. The smallest absolute Gasteiger partial charge is 0.138 e. The first-order valence-corrected chi connectivity index (χ1v) is 7.16. The minimum absolute atomic E-state index is 0.524. The van der Waals surface area contributed by atoms with E-state index >= 15 is 0 Å². The Labute approximate surface area is 125 Å². The van der Waals surface area contributed by atoms with Crippen molar-refractivity contribution in [2.45, 2.75) is 18.8 Å². The van der Waals surface area contributed by atoms with Crippen molar-refractivity contribution in [1.82, 2.24) is 9.97 Å². The van der Waals surface area contributed by atoms with Gasteiger partial charge in [0.1, 0.15) is 23.2 Å². The van der Waals surface area contributed by atoms with Crippen molar-refractivity contribution in [3.63, 3.8) is 0 Å². The maximum absolute atomic E-state index is 5.29. The number of hydrogen-bond donors (Lipinski definition) is 1. The predicted octanol–water partition coefficient (Wildman–Crippen LogP) is 3.17. The van der Waals surface area contributed by atoms with Crippen LogP contribution in [0, 0.1) is 0 Å². The molecule has 0 saturated heterocycles. The van der Waals surface area contributed by atoms with Gasteiger partial charge in [0.05, 0.1) is 7.11 Å². The molecular formula is C16H20N4O. The molecule has 21 heavy (non-hydrogen) atoms. The molecule has 0 radical (unpaired) electrons. The molecule has 1 aromatic heterocycles. The second kappa shape index (κ2) is 5.60. The lowest BCUT2D eigenvalue weighted by Gasteiger charge is -2.20. The van der Waals surface area contributed by atoms with Gasteiger partial charge < -0.3 is 15.0 Å². The van der Waals surface area contributed by atoms with Crippen LogP contribution < -0.4 is 15.0 Å². The fourth-order valence-electron chi connectivity index (χ4n) is 2.23. The van der Waals surface area contributed by atoms with Crippen molar-refractivity contribution in [3.8, 4) is 5.75 Å². The molecule has 1 aliphatic rings. The average molecular weight is 284 g/mol. The Morgan fingerprint density at radius 2 is 2.05 bits per heavy atom. The Morgan fingerprint density at radius 3 is 2.71 bits per heavy atom. The average Bonchev–Trinajstić information content (AvgIpc) is 3.38. The molecule has 1 N–H and O–H groups in total. The molecule has 0 amide bonds. The van der Waals surface area contributed by atoms with Crippen LogP contribution in [0.15, 0.2) is 30.3 Å². The number of methoxy groups -OCH3 is 1. The second-order valence-corrected chi connectivity index (χ2v) is 5.25. The standard InChI is InChI=1S/C16H20N4O/c1-17-14-10-15(19-16(18-14)11-7-8-11)20(2)12-5-4-6-13(9-12)21-3/h4-6,9-11H,7-8H2,1-3H3,(H,17,18,19). The van der Waals surface area contributed by atoms with E-state index in [-0.39, 0.29) is 0 Å². The van der Waals surface area contributed by atoms with E-state index in [9.17, 15) is 0 Å². The predicted molar refractivity (Wildman–Crippen MR) is 84.6 cm³/mol. The molecule has 110 valence electrons. The van der Waals surface area contributed by atoms with Crippen molar-refractivity contribution < 1.29 is 4.74 Å². The topological polar surface area (TPSA) is 50.3 Å². The van der Waals surface area contributed by atoms with Gasteiger partial charge in [-0.15, -0.1) is 0 Å². The Kier molecular flexibility index (Phi) is 3.64. The lowest BCUT2D eigenvalue weighted by molar-refractivity contribution is 0.415. The summed E-state index contributed by atoms with van der Waals surface area (Å²) in [6.45, 7) is 0. The number of rotatable bonds is 5.